The molecule has 1 amide bonds. The van der Waals surface area contributed by atoms with Gasteiger partial charge in [-0.1, -0.05) is 37.6 Å². The standard InChI is InChI=1S/C19H26N4O3/c1-4-6-11-23-17(20)16(18(25)21-19(23)26)22(5-2)15(24)12-14-10-8-7-9-13(14)3/h7-10H,4-6,11-12,20H2,1-3H3,(H,21,25,26). The molecule has 1 aromatic heterocycles. The minimum Gasteiger partial charge on any atom is -0.383 e. The fourth-order valence-electron chi connectivity index (χ4n) is 2.90. The smallest absolute Gasteiger partial charge is 0.330 e. The van der Waals surface area contributed by atoms with E-state index in [0.29, 0.717) is 6.54 Å². The number of hydrogen-bond acceptors (Lipinski definition) is 4. The number of H-pyrrole nitrogens is 1. The second-order valence-electron chi connectivity index (χ2n) is 6.24. The van der Waals surface area contributed by atoms with Crippen LogP contribution in [0.25, 0.3) is 0 Å². The summed E-state index contributed by atoms with van der Waals surface area (Å²) in [6.45, 7) is 6.39. The minimum atomic E-state index is -0.639. The van der Waals surface area contributed by atoms with Gasteiger partial charge >= 0.3 is 5.69 Å². The van der Waals surface area contributed by atoms with Crippen LogP contribution in [0.2, 0.25) is 0 Å². The van der Waals surface area contributed by atoms with Gasteiger partial charge in [0.05, 0.1) is 6.42 Å². The van der Waals surface area contributed by atoms with Gasteiger partial charge in [0.15, 0.2) is 5.69 Å². The number of unbranched alkanes of at least 4 members (excludes halogenated alkanes) is 1. The molecule has 0 radical (unpaired) electrons. The number of carbonyl (C=O) groups excluding carboxylic acids is 1. The molecule has 0 saturated carbocycles. The van der Waals surface area contributed by atoms with Crippen molar-refractivity contribution in [1.82, 2.24) is 9.55 Å². The first-order chi connectivity index (χ1) is 12.4. The lowest BCUT2D eigenvalue weighted by molar-refractivity contribution is -0.118. The van der Waals surface area contributed by atoms with E-state index in [9.17, 15) is 14.4 Å². The molecule has 140 valence electrons. The maximum atomic E-state index is 12.8. The Morgan fingerprint density at radius 3 is 2.54 bits per heavy atom. The summed E-state index contributed by atoms with van der Waals surface area (Å²) in [6.07, 6.45) is 1.79. The number of amides is 1. The second kappa shape index (κ2) is 8.51. The predicted octanol–water partition coefficient (Wildman–Crippen LogP) is 1.82. The van der Waals surface area contributed by atoms with Gasteiger partial charge in [0.2, 0.25) is 5.91 Å². The number of rotatable bonds is 7. The number of nitrogen functional groups attached to an aromatic ring is 1. The highest BCUT2D eigenvalue weighted by Gasteiger charge is 2.23. The van der Waals surface area contributed by atoms with E-state index >= 15 is 0 Å². The summed E-state index contributed by atoms with van der Waals surface area (Å²) in [5.74, 6) is -0.202. The SMILES string of the molecule is CCCCn1c(N)c(N(CC)C(=O)Cc2ccccc2C)c(=O)[nH]c1=O. The highest BCUT2D eigenvalue weighted by molar-refractivity contribution is 5.96. The van der Waals surface area contributed by atoms with Gasteiger partial charge in [-0.05, 0) is 31.4 Å². The van der Waals surface area contributed by atoms with E-state index in [0.717, 1.165) is 24.0 Å². The zero-order valence-electron chi connectivity index (χ0n) is 15.5. The van der Waals surface area contributed by atoms with Crippen LogP contribution in [0.15, 0.2) is 33.9 Å². The number of nitrogens with zero attached hydrogens (tertiary/aromatic N) is 2. The van der Waals surface area contributed by atoms with E-state index in [2.05, 4.69) is 4.98 Å². The molecular weight excluding hydrogens is 332 g/mol. The number of aromatic nitrogens is 2. The molecule has 0 aliphatic carbocycles. The van der Waals surface area contributed by atoms with Crippen LogP contribution in [0.4, 0.5) is 11.5 Å². The maximum Gasteiger partial charge on any atom is 0.330 e. The van der Waals surface area contributed by atoms with Crippen LogP contribution >= 0.6 is 0 Å². The third kappa shape index (κ3) is 4.04. The molecule has 1 heterocycles. The summed E-state index contributed by atoms with van der Waals surface area (Å²) in [7, 11) is 0. The first kappa shape index (κ1) is 19.5. The average Bonchev–Trinajstić information content (AvgIpc) is 2.60. The molecule has 7 heteroatoms. The normalized spacial score (nSPS) is 10.7. The molecule has 3 N–H and O–H groups in total. The van der Waals surface area contributed by atoms with Crippen LogP contribution in [-0.2, 0) is 17.8 Å². The summed E-state index contributed by atoms with van der Waals surface area (Å²) in [6, 6.07) is 7.60. The number of anilines is 2. The first-order valence-electron chi connectivity index (χ1n) is 8.88. The highest BCUT2D eigenvalue weighted by atomic mass is 16.2. The van der Waals surface area contributed by atoms with Gasteiger partial charge in [0, 0.05) is 13.1 Å². The van der Waals surface area contributed by atoms with E-state index in [1.165, 1.54) is 9.47 Å². The highest BCUT2D eigenvalue weighted by Crippen LogP contribution is 2.19. The molecule has 1 aromatic carbocycles. The number of nitrogens with one attached hydrogen (secondary N) is 1. The van der Waals surface area contributed by atoms with Gasteiger partial charge < -0.3 is 10.6 Å². The Balaban J connectivity index is 2.43. The van der Waals surface area contributed by atoms with Crippen molar-refractivity contribution in [2.45, 2.75) is 46.6 Å². The van der Waals surface area contributed by atoms with Gasteiger partial charge in [-0.15, -0.1) is 0 Å². The van der Waals surface area contributed by atoms with Gasteiger partial charge in [-0.3, -0.25) is 19.1 Å². The number of aryl methyl sites for hydroxylation is 1. The number of carbonyl (C=O) groups is 1. The summed E-state index contributed by atoms with van der Waals surface area (Å²) in [5.41, 5.74) is 6.87. The lowest BCUT2D eigenvalue weighted by Crippen LogP contribution is -2.41. The molecule has 0 atom stereocenters. The molecule has 0 spiro atoms. The second-order valence-corrected chi connectivity index (χ2v) is 6.24. The number of likely N-dealkylation sites (N-methyl/N-ethyl adjacent to an activating group) is 1. The molecule has 0 bridgehead atoms. The number of nitrogens with two attached hydrogens (primary N) is 1. The Morgan fingerprint density at radius 1 is 1.23 bits per heavy atom. The molecular formula is C19H26N4O3. The fraction of sp³-hybridized carbons (Fsp3) is 0.421. The van der Waals surface area contributed by atoms with Crippen molar-refractivity contribution in [3.8, 4) is 0 Å². The van der Waals surface area contributed by atoms with Gasteiger partial charge in [-0.25, -0.2) is 4.79 Å². The van der Waals surface area contributed by atoms with Crippen LogP contribution in [0.5, 0.6) is 0 Å². The van der Waals surface area contributed by atoms with Crippen LogP contribution < -0.4 is 21.9 Å². The van der Waals surface area contributed by atoms with Crippen molar-refractivity contribution >= 4 is 17.4 Å². The average molecular weight is 358 g/mol. The minimum absolute atomic E-state index is 0.0344. The summed E-state index contributed by atoms with van der Waals surface area (Å²) in [5, 5.41) is 0. The van der Waals surface area contributed by atoms with Crippen molar-refractivity contribution < 1.29 is 4.79 Å². The van der Waals surface area contributed by atoms with Crippen molar-refractivity contribution in [3.05, 3.63) is 56.2 Å². The van der Waals surface area contributed by atoms with Gasteiger partial charge in [0.25, 0.3) is 5.56 Å². The van der Waals surface area contributed by atoms with Crippen LogP contribution in [-0.4, -0.2) is 22.0 Å². The van der Waals surface area contributed by atoms with Crippen LogP contribution in [0, 0.1) is 6.92 Å². The Kier molecular flexibility index (Phi) is 6.38. The van der Waals surface area contributed by atoms with E-state index in [4.69, 9.17) is 5.73 Å². The molecule has 0 aliphatic rings. The molecule has 7 nitrogen and oxygen atoms in total. The quantitative estimate of drug-likeness (QED) is 0.788. The van der Waals surface area contributed by atoms with Crippen molar-refractivity contribution in [3.63, 3.8) is 0 Å². The van der Waals surface area contributed by atoms with Gasteiger partial charge in [0.1, 0.15) is 5.82 Å². The predicted molar refractivity (Wildman–Crippen MR) is 104 cm³/mol. The third-order valence-corrected chi connectivity index (χ3v) is 4.44. The van der Waals surface area contributed by atoms with Crippen molar-refractivity contribution in [2.24, 2.45) is 0 Å². The molecule has 0 unspecified atom stereocenters. The summed E-state index contributed by atoms with van der Waals surface area (Å²) >= 11 is 0. The lowest BCUT2D eigenvalue weighted by Gasteiger charge is -2.23. The topological polar surface area (TPSA) is 101 Å². The monoisotopic (exact) mass is 358 g/mol. The zero-order chi connectivity index (χ0) is 19.3. The van der Waals surface area contributed by atoms with E-state index in [-0.39, 0.29) is 30.4 Å². The van der Waals surface area contributed by atoms with E-state index in [1.807, 2.05) is 38.1 Å². The summed E-state index contributed by atoms with van der Waals surface area (Å²) in [4.78, 5) is 40.9. The zero-order valence-corrected chi connectivity index (χ0v) is 15.5. The Hall–Kier alpha value is -2.83. The van der Waals surface area contributed by atoms with E-state index in [1.54, 1.807) is 6.92 Å². The third-order valence-electron chi connectivity index (χ3n) is 4.44. The fourth-order valence-corrected chi connectivity index (χ4v) is 2.90. The van der Waals surface area contributed by atoms with Crippen LogP contribution in [0.3, 0.4) is 0 Å². The molecule has 0 fully saturated rings. The lowest BCUT2D eigenvalue weighted by atomic mass is 10.1. The van der Waals surface area contributed by atoms with Crippen LogP contribution in [0.1, 0.15) is 37.8 Å². The number of benzene rings is 1. The molecule has 2 rings (SSSR count). The first-order valence-corrected chi connectivity index (χ1v) is 8.88. The number of aromatic amines is 1. The largest absolute Gasteiger partial charge is 0.383 e. The molecule has 0 aliphatic heterocycles. The summed E-state index contributed by atoms with van der Waals surface area (Å²) < 4.78 is 1.32. The molecule has 26 heavy (non-hydrogen) atoms. The number of hydrogen-bond donors (Lipinski definition) is 2. The Morgan fingerprint density at radius 2 is 1.92 bits per heavy atom. The Labute approximate surface area is 152 Å². The molecule has 0 saturated heterocycles. The van der Waals surface area contributed by atoms with Gasteiger partial charge in [-0.2, -0.15) is 0 Å². The molecule has 2 aromatic rings. The van der Waals surface area contributed by atoms with Crippen molar-refractivity contribution in [1.29, 1.82) is 0 Å². The maximum absolute atomic E-state index is 12.8. The van der Waals surface area contributed by atoms with E-state index < -0.39 is 11.2 Å². The Bertz CT molecular complexity index is 898. The van der Waals surface area contributed by atoms with Crippen molar-refractivity contribution in [2.75, 3.05) is 17.2 Å².